The minimum atomic E-state index is -0.475. The quantitative estimate of drug-likeness (QED) is 0.753. The van der Waals surface area contributed by atoms with Gasteiger partial charge in [-0.2, -0.15) is 0 Å². The van der Waals surface area contributed by atoms with E-state index in [0.29, 0.717) is 11.2 Å². The van der Waals surface area contributed by atoms with Crippen molar-refractivity contribution >= 4 is 11.8 Å². The lowest BCUT2D eigenvalue weighted by Gasteiger charge is -2.15. The van der Waals surface area contributed by atoms with Crippen LogP contribution in [0.1, 0.15) is 29.8 Å². The summed E-state index contributed by atoms with van der Waals surface area (Å²) in [6.07, 6.45) is 6.45. The molecule has 1 fully saturated rings. The predicted molar refractivity (Wildman–Crippen MR) is 70.0 cm³/mol. The average molecular weight is 265 g/mol. The van der Waals surface area contributed by atoms with Crippen molar-refractivity contribution in [1.29, 1.82) is 0 Å². The summed E-state index contributed by atoms with van der Waals surface area (Å²) in [6.45, 7) is 1.60. The van der Waals surface area contributed by atoms with E-state index in [0.717, 1.165) is 19.6 Å². The summed E-state index contributed by atoms with van der Waals surface area (Å²) < 4.78 is 9.73. The molecule has 0 spiro atoms. The van der Waals surface area contributed by atoms with Crippen LogP contribution in [0.2, 0.25) is 0 Å². The van der Waals surface area contributed by atoms with Crippen molar-refractivity contribution in [2.45, 2.75) is 19.3 Å². The molecule has 1 N–H and O–H groups in total. The number of hydrogen-bond donors (Lipinski definition) is 1. The van der Waals surface area contributed by atoms with Gasteiger partial charge in [0.15, 0.2) is 5.69 Å². The van der Waals surface area contributed by atoms with Gasteiger partial charge in [-0.05, 0) is 24.7 Å². The molecule has 1 aromatic heterocycles. The lowest BCUT2D eigenvalue weighted by molar-refractivity contribution is 0.0593. The molecule has 0 amide bonds. The zero-order valence-corrected chi connectivity index (χ0v) is 11.3. The van der Waals surface area contributed by atoms with E-state index in [1.165, 1.54) is 26.1 Å². The van der Waals surface area contributed by atoms with Gasteiger partial charge in [-0.25, -0.2) is 9.78 Å². The third-order valence-corrected chi connectivity index (χ3v) is 3.47. The highest BCUT2D eigenvalue weighted by Gasteiger charge is 2.41. The summed E-state index contributed by atoms with van der Waals surface area (Å²) in [4.78, 5) is 19.5. The van der Waals surface area contributed by atoms with Crippen LogP contribution in [0.4, 0.5) is 5.82 Å². The van der Waals surface area contributed by atoms with Gasteiger partial charge in [0, 0.05) is 20.3 Å². The number of carbonyl (C=O) groups is 1. The van der Waals surface area contributed by atoms with E-state index in [4.69, 9.17) is 4.74 Å². The molecule has 0 bridgehead atoms. The first-order chi connectivity index (χ1) is 9.19. The maximum atomic E-state index is 11.4. The third kappa shape index (κ3) is 3.64. The fraction of sp³-hybridized carbons (Fsp3) is 0.615. The van der Waals surface area contributed by atoms with E-state index in [2.05, 4.69) is 20.0 Å². The van der Waals surface area contributed by atoms with E-state index in [-0.39, 0.29) is 5.69 Å². The highest BCUT2D eigenvalue weighted by Crippen LogP contribution is 2.48. The van der Waals surface area contributed by atoms with E-state index in [1.807, 2.05) is 0 Å². The highest BCUT2D eigenvalue weighted by atomic mass is 16.5. The van der Waals surface area contributed by atoms with E-state index in [1.54, 1.807) is 13.3 Å². The Hall–Kier alpha value is -1.69. The zero-order chi connectivity index (χ0) is 13.7. The number of rotatable bonds is 7. The van der Waals surface area contributed by atoms with E-state index in [9.17, 15) is 4.79 Å². The molecule has 2 rings (SSSR count). The van der Waals surface area contributed by atoms with Gasteiger partial charge in [0.05, 0.1) is 19.5 Å². The van der Waals surface area contributed by atoms with Crippen LogP contribution in [-0.4, -0.2) is 43.3 Å². The summed E-state index contributed by atoms with van der Waals surface area (Å²) >= 11 is 0. The van der Waals surface area contributed by atoms with Gasteiger partial charge in [-0.3, -0.25) is 4.98 Å². The molecule has 0 aliphatic heterocycles. The Labute approximate surface area is 112 Å². The number of anilines is 1. The largest absolute Gasteiger partial charge is 0.464 e. The minimum Gasteiger partial charge on any atom is -0.464 e. The molecule has 19 heavy (non-hydrogen) atoms. The third-order valence-electron chi connectivity index (χ3n) is 3.47. The van der Waals surface area contributed by atoms with Crippen LogP contribution in [0.3, 0.4) is 0 Å². The highest BCUT2D eigenvalue weighted by molar-refractivity contribution is 5.87. The van der Waals surface area contributed by atoms with Crippen molar-refractivity contribution in [3.63, 3.8) is 0 Å². The number of aromatic nitrogens is 2. The Morgan fingerprint density at radius 3 is 2.84 bits per heavy atom. The summed E-state index contributed by atoms with van der Waals surface area (Å²) in [5, 5.41) is 3.24. The van der Waals surface area contributed by atoms with Gasteiger partial charge < -0.3 is 14.8 Å². The lowest BCUT2D eigenvalue weighted by atomic mass is 10.0. The van der Waals surface area contributed by atoms with E-state index < -0.39 is 5.97 Å². The standard InChI is InChI=1S/C13H19N3O3/c1-18-6-5-13(3-4-13)9-15-11-8-14-7-10(16-11)12(17)19-2/h7-8H,3-6,9H2,1-2H3,(H,15,16). The van der Waals surface area contributed by atoms with Crippen LogP contribution in [0.5, 0.6) is 0 Å². The number of methoxy groups -OCH3 is 2. The molecule has 0 radical (unpaired) electrons. The molecule has 0 saturated heterocycles. The van der Waals surface area contributed by atoms with Gasteiger partial charge in [-0.15, -0.1) is 0 Å². The topological polar surface area (TPSA) is 73.3 Å². The molecular formula is C13H19N3O3. The molecule has 104 valence electrons. The fourth-order valence-corrected chi connectivity index (χ4v) is 1.94. The van der Waals surface area contributed by atoms with Crippen molar-refractivity contribution < 1.29 is 14.3 Å². The Kier molecular flexibility index (Phi) is 4.31. The van der Waals surface area contributed by atoms with Crippen molar-refractivity contribution in [1.82, 2.24) is 9.97 Å². The first-order valence-electron chi connectivity index (χ1n) is 6.32. The predicted octanol–water partition coefficient (Wildman–Crippen LogP) is 1.49. The Balaban J connectivity index is 1.91. The number of nitrogens with zero attached hydrogens (tertiary/aromatic N) is 2. The maximum absolute atomic E-state index is 11.4. The second-order valence-electron chi connectivity index (χ2n) is 4.88. The first-order valence-corrected chi connectivity index (χ1v) is 6.32. The molecule has 1 aliphatic carbocycles. The lowest BCUT2D eigenvalue weighted by Crippen LogP contribution is -2.18. The molecule has 0 aromatic carbocycles. The molecule has 1 saturated carbocycles. The molecule has 6 nitrogen and oxygen atoms in total. The zero-order valence-electron chi connectivity index (χ0n) is 11.3. The smallest absolute Gasteiger partial charge is 0.358 e. The van der Waals surface area contributed by atoms with Crippen molar-refractivity contribution in [3.05, 3.63) is 18.1 Å². The number of carbonyl (C=O) groups excluding carboxylic acids is 1. The van der Waals surface area contributed by atoms with Crippen molar-refractivity contribution in [2.75, 3.05) is 32.7 Å². The van der Waals surface area contributed by atoms with Gasteiger partial charge in [0.1, 0.15) is 5.82 Å². The average Bonchev–Trinajstić information content (AvgIpc) is 3.23. The van der Waals surface area contributed by atoms with Crippen molar-refractivity contribution in [2.24, 2.45) is 5.41 Å². The Morgan fingerprint density at radius 2 is 2.21 bits per heavy atom. The summed E-state index contributed by atoms with van der Waals surface area (Å²) in [7, 11) is 3.04. The normalized spacial score (nSPS) is 15.9. The van der Waals surface area contributed by atoms with Crippen LogP contribution < -0.4 is 5.32 Å². The summed E-state index contributed by atoms with van der Waals surface area (Å²) in [5.41, 5.74) is 0.535. The molecule has 0 atom stereocenters. The number of nitrogens with one attached hydrogen (secondary N) is 1. The second kappa shape index (κ2) is 5.97. The van der Waals surface area contributed by atoms with Gasteiger partial charge >= 0.3 is 5.97 Å². The van der Waals surface area contributed by atoms with Crippen LogP contribution in [0.25, 0.3) is 0 Å². The maximum Gasteiger partial charge on any atom is 0.358 e. The molecule has 1 heterocycles. The molecule has 1 aromatic rings. The fourth-order valence-electron chi connectivity index (χ4n) is 1.94. The monoisotopic (exact) mass is 265 g/mol. The number of esters is 1. The second-order valence-corrected chi connectivity index (χ2v) is 4.88. The summed E-state index contributed by atoms with van der Waals surface area (Å²) in [6, 6.07) is 0. The van der Waals surface area contributed by atoms with Crippen LogP contribution >= 0.6 is 0 Å². The summed E-state index contributed by atoms with van der Waals surface area (Å²) in [5.74, 6) is 0.128. The first kappa shape index (κ1) is 13.7. The van der Waals surface area contributed by atoms with Gasteiger partial charge in [0.25, 0.3) is 0 Å². The van der Waals surface area contributed by atoms with E-state index >= 15 is 0 Å². The van der Waals surface area contributed by atoms with Gasteiger partial charge in [-0.1, -0.05) is 0 Å². The van der Waals surface area contributed by atoms with Crippen LogP contribution in [-0.2, 0) is 9.47 Å². The minimum absolute atomic E-state index is 0.217. The van der Waals surface area contributed by atoms with Crippen LogP contribution in [0.15, 0.2) is 12.4 Å². The SMILES string of the molecule is COCCC1(CNc2cncc(C(=O)OC)n2)CC1. The van der Waals surface area contributed by atoms with Crippen LogP contribution in [0, 0.1) is 5.41 Å². The number of hydrogen-bond acceptors (Lipinski definition) is 6. The molecule has 1 aliphatic rings. The Bertz CT molecular complexity index is 447. The van der Waals surface area contributed by atoms with Gasteiger partial charge in [0.2, 0.25) is 0 Å². The Morgan fingerprint density at radius 1 is 1.42 bits per heavy atom. The van der Waals surface area contributed by atoms with Crippen molar-refractivity contribution in [3.8, 4) is 0 Å². The molecular weight excluding hydrogens is 246 g/mol. The molecule has 0 unspecified atom stereocenters. The molecule has 6 heteroatoms. The number of ether oxygens (including phenoxy) is 2.